The number of anilines is 1. The van der Waals surface area contributed by atoms with E-state index in [0.29, 0.717) is 28.8 Å². The van der Waals surface area contributed by atoms with Crippen molar-refractivity contribution in [2.45, 2.75) is 6.61 Å². The van der Waals surface area contributed by atoms with Crippen LogP contribution in [0.3, 0.4) is 0 Å². The molecule has 154 valence electrons. The molecular formula is C23H21ClN2O4. The summed E-state index contributed by atoms with van der Waals surface area (Å²) < 4.78 is 11.2. The number of hydrogen-bond acceptors (Lipinski definition) is 5. The van der Waals surface area contributed by atoms with Crippen LogP contribution in [0.1, 0.15) is 11.1 Å². The van der Waals surface area contributed by atoms with Gasteiger partial charge in [-0.25, -0.2) is 0 Å². The third kappa shape index (κ3) is 6.25. The first kappa shape index (κ1) is 21.2. The summed E-state index contributed by atoms with van der Waals surface area (Å²) in [5.74, 6) is 0.838. The van der Waals surface area contributed by atoms with Crippen LogP contribution in [-0.2, 0) is 16.2 Å². The van der Waals surface area contributed by atoms with E-state index < -0.39 is 0 Å². The average molecular weight is 425 g/mol. The molecule has 0 unspecified atom stereocenters. The van der Waals surface area contributed by atoms with Crippen LogP contribution in [0.4, 0.5) is 5.69 Å². The Morgan fingerprint density at radius 3 is 2.57 bits per heavy atom. The molecule has 0 saturated heterocycles. The van der Waals surface area contributed by atoms with Crippen molar-refractivity contribution in [2.75, 3.05) is 19.0 Å². The maximum Gasteiger partial charge on any atom is 0.265 e. The number of carbonyl (C=O) groups is 1. The number of methoxy groups -OCH3 is 1. The third-order valence-corrected chi connectivity index (χ3v) is 4.43. The fraction of sp³-hybridized carbons (Fsp3) is 0.130. The Labute approximate surface area is 180 Å². The lowest BCUT2D eigenvalue weighted by Gasteiger charge is -2.12. The van der Waals surface area contributed by atoms with Gasteiger partial charge in [0.25, 0.3) is 5.91 Å². The van der Waals surface area contributed by atoms with E-state index in [2.05, 4.69) is 10.5 Å². The van der Waals surface area contributed by atoms with E-state index in [4.69, 9.17) is 25.9 Å². The Bertz CT molecular complexity index is 1010. The molecule has 1 N–H and O–H groups in total. The van der Waals surface area contributed by atoms with Crippen molar-refractivity contribution in [3.63, 3.8) is 0 Å². The highest BCUT2D eigenvalue weighted by Crippen LogP contribution is 2.29. The van der Waals surface area contributed by atoms with Gasteiger partial charge in [0.1, 0.15) is 6.61 Å². The number of halogens is 1. The van der Waals surface area contributed by atoms with E-state index >= 15 is 0 Å². The zero-order valence-corrected chi connectivity index (χ0v) is 17.1. The normalized spacial score (nSPS) is 10.6. The van der Waals surface area contributed by atoms with Gasteiger partial charge in [-0.2, -0.15) is 0 Å². The molecule has 0 saturated carbocycles. The molecule has 30 heavy (non-hydrogen) atoms. The molecule has 3 aromatic carbocycles. The van der Waals surface area contributed by atoms with E-state index in [-0.39, 0.29) is 12.5 Å². The van der Waals surface area contributed by atoms with Gasteiger partial charge in [-0.15, -0.1) is 0 Å². The number of carbonyl (C=O) groups excluding carboxylic acids is 1. The van der Waals surface area contributed by atoms with Crippen LogP contribution in [0.5, 0.6) is 11.5 Å². The number of nitrogens with one attached hydrogen (secondary N) is 1. The summed E-state index contributed by atoms with van der Waals surface area (Å²) in [4.78, 5) is 16.9. The number of oxime groups is 1. The second-order valence-corrected chi connectivity index (χ2v) is 6.62. The van der Waals surface area contributed by atoms with E-state index in [1.807, 2.05) is 42.5 Å². The minimum atomic E-state index is -0.292. The number of ether oxygens (including phenoxy) is 2. The summed E-state index contributed by atoms with van der Waals surface area (Å²) in [6, 6.07) is 22.0. The highest BCUT2D eigenvalue weighted by atomic mass is 35.5. The van der Waals surface area contributed by atoms with Gasteiger partial charge in [0.2, 0.25) is 0 Å². The second-order valence-electron chi connectivity index (χ2n) is 6.21. The number of amides is 1. The number of benzene rings is 3. The van der Waals surface area contributed by atoms with Crippen LogP contribution in [0.15, 0.2) is 78.0 Å². The lowest BCUT2D eigenvalue weighted by atomic mass is 10.2. The van der Waals surface area contributed by atoms with Crippen molar-refractivity contribution in [3.05, 3.63) is 88.9 Å². The molecule has 0 fully saturated rings. The lowest BCUT2D eigenvalue weighted by molar-refractivity contribution is -0.120. The van der Waals surface area contributed by atoms with Crippen molar-refractivity contribution in [1.82, 2.24) is 0 Å². The molecule has 3 aromatic rings. The Morgan fingerprint density at radius 1 is 1.03 bits per heavy atom. The fourth-order valence-corrected chi connectivity index (χ4v) is 2.76. The first-order valence-corrected chi connectivity index (χ1v) is 9.58. The largest absolute Gasteiger partial charge is 0.493 e. The van der Waals surface area contributed by atoms with Crippen LogP contribution in [0, 0.1) is 0 Å². The Morgan fingerprint density at radius 2 is 1.80 bits per heavy atom. The molecule has 0 spiro atoms. The minimum Gasteiger partial charge on any atom is -0.493 e. The van der Waals surface area contributed by atoms with E-state index in [1.165, 1.54) is 6.21 Å². The van der Waals surface area contributed by atoms with E-state index in [1.54, 1.807) is 37.4 Å². The molecule has 0 aliphatic carbocycles. The van der Waals surface area contributed by atoms with Gasteiger partial charge in [0.15, 0.2) is 18.1 Å². The smallest absolute Gasteiger partial charge is 0.265 e. The number of rotatable bonds is 9. The molecule has 6 nitrogen and oxygen atoms in total. The maximum atomic E-state index is 11.8. The molecule has 3 rings (SSSR count). The molecule has 0 aromatic heterocycles. The number of hydrogen-bond donors (Lipinski definition) is 1. The summed E-state index contributed by atoms with van der Waals surface area (Å²) in [5, 5.41) is 7.19. The van der Waals surface area contributed by atoms with Crippen LogP contribution in [0.2, 0.25) is 5.02 Å². The topological polar surface area (TPSA) is 69.2 Å². The lowest BCUT2D eigenvalue weighted by Crippen LogP contribution is -2.16. The van der Waals surface area contributed by atoms with Gasteiger partial charge in [-0.3, -0.25) is 4.79 Å². The standard InChI is InChI=1S/C23H21ClN2O4/c1-28-22-13-17(11-12-21(22)29-15-18-7-5-6-10-20(18)24)14-25-30-16-23(27)26-19-8-3-2-4-9-19/h2-14H,15-16H2,1H3,(H,26,27)/b25-14+. The quantitative estimate of drug-likeness (QED) is 0.391. The van der Waals surface area contributed by atoms with Crippen LogP contribution < -0.4 is 14.8 Å². The van der Waals surface area contributed by atoms with Crippen molar-refractivity contribution >= 4 is 29.4 Å². The number of para-hydroxylation sites is 1. The minimum absolute atomic E-state index is 0.193. The summed E-state index contributed by atoms with van der Waals surface area (Å²) in [7, 11) is 1.56. The third-order valence-electron chi connectivity index (χ3n) is 4.06. The summed E-state index contributed by atoms with van der Waals surface area (Å²) in [6.07, 6.45) is 1.50. The first-order chi connectivity index (χ1) is 14.7. The average Bonchev–Trinajstić information content (AvgIpc) is 2.77. The van der Waals surface area contributed by atoms with E-state index in [9.17, 15) is 4.79 Å². The maximum absolute atomic E-state index is 11.8. The summed E-state index contributed by atoms with van der Waals surface area (Å²) in [6.45, 7) is 0.130. The monoisotopic (exact) mass is 424 g/mol. The molecule has 0 aliphatic heterocycles. The van der Waals surface area contributed by atoms with Crippen LogP contribution >= 0.6 is 11.6 Å². The number of nitrogens with zero attached hydrogens (tertiary/aromatic N) is 1. The first-order valence-electron chi connectivity index (χ1n) is 9.20. The fourth-order valence-electron chi connectivity index (χ4n) is 2.57. The summed E-state index contributed by atoms with van der Waals surface area (Å²) in [5.41, 5.74) is 2.32. The molecule has 0 atom stereocenters. The molecule has 1 amide bonds. The molecule has 7 heteroatoms. The Kier molecular flexibility index (Phi) is 7.69. The van der Waals surface area contributed by atoms with Gasteiger partial charge in [0.05, 0.1) is 13.3 Å². The highest BCUT2D eigenvalue weighted by Gasteiger charge is 2.07. The van der Waals surface area contributed by atoms with Crippen LogP contribution in [0.25, 0.3) is 0 Å². The van der Waals surface area contributed by atoms with Crippen molar-refractivity contribution < 1.29 is 19.1 Å². The summed E-state index contributed by atoms with van der Waals surface area (Å²) >= 11 is 6.16. The van der Waals surface area contributed by atoms with Crippen molar-refractivity contribution in [1.29, 1.82) is 0 Å². The zero-order chi connectivity index (χ0) is 21.2. The van der Waals surface area contributed by atoms with Gasteiger partial charge in [0, 0.05) is 21.8 Å². The molecule has 0 bridgehead atoms. The molecule has 0 heterocycles. The van der Waals surface area contributed by atoms with Crippen LogP contribution in [-0.4, -0.2) is 25.8 Å². The van der Waals surface area contributed by atoms with Gasteiger partial charge in [-0.05, 0) is 36.4 Å². The van der Waals surface area contributed by atoms with E-state index in [0.717, 1.165) is 11.1 Å². The zero-order valence-electron chi connectivity index (χ0n) is 16.4. The van der Waals surface area contributed by atoms with Gasteiger partial charge < -0.3 is 19.6 Å². The SMILES string of the molecule is COc1cc(/C=N/OCC(=O)Nc2ccccc2)ccc1OCc1ccccc1Cl. The second kappa shape index (κ2) is 10.9. The predicted octanol–water partition coefficient (Wildman–Crippen LogP) is 4.92. The Balaban J connectivity index is 1.52. The highest BCUT2D eigenvalue weighted by molar-refractivity contribution is 6.31. The van der Waals surface area contributed by atoms with Gasteiger partial charge >= 0.3 is 0 Å². The van der Waals surface area contributed by atoms with Gasteiger partial charge in [-0.1, -0.05) is 53.2 Å². The predicted molar refractivity (Wildman–Crippen MR) is 117 cm³/mol. The molecule has 0 aliphatic rings. The van der Waals surface area contributed by atoms with Crippen molar-refractivity contribution in [3.8, 4) is 11.5 Å². The van der Waals surface area contributed by atoms with Crippen molar-refractivity contribution in [2.24, 2.45) is 5.16 Å². The molecular weight excluding hydrogens is 404 g/mol. The Hall–Kier alpha value is -3.51. The molecule has 0 radical (unpaired) electrons.